The van der Waals surface area contributed by atoms with Crippen LogP contribution in [0, 0.1) is 0 Å². The monoisotopic (exact) mass is 338 g/mol. The van der Waals surface area contributed by atoms with Crippen molar-refractivity contribution in [3.05, 3.63) is 64.7 Å². The van der Waals surface area contributed by atoms with Crippen LogP contribution in [-0.2, 0) is 9.84 Å². The number of hydrogen-bond donors (Lipinski definition) is 0. The fourth-order valence-electron chi connectivity index (χ4n) is 4.25. The van der Waals surface area contributed by atoms with Crippen molar-refractivity contribution in [3.8, 4) is 0 Å². The van der Waals surface area contributed by atoms with E-state index < -0.39 is 9.84 Å². The molecule has 124 valence electrons. The fourth-order valence-corrected chi connectivity index (χ4v) is 4.88. The molecule has 4 rings (SSSR count). The Balaban J connectivity index is 1.63. The summed E-state index contributed by atoms with van der Waals surface area (Å²) in [5.41, 5.74) is 6.58. The van der Waals surface area contributed by atoms with Crippen LogP contribution in [0.1, 0.15) is 60.3 Å². The molecule has 2 nitrogen and oxygen atoms in total. The van der Waals surface area contributed by atoms with Gasteiger partial charge in [-0.25, -0.2) is 8.42 Å². The van der Waals surface area contributed by atoms with Crippen LogP contribution >= 0.6 is 0 Å². The van der Waals surface area contributed by atoms with Crippen molar-refractivity contribution in [2.75, 3.05) is 6.26 Å². The van der Waals surface area contributed by atoms with Gasteiger partial charge in [0.05, 0.1) is 4.90 Å². The molecule has 0 spiro atoms. The standard InChI is InChI=1S/C21H22O2S/c1-14(16-6-8-19(9-7-16)24(2,22)23)11-15-3-10-20-17-4-5-18(13-17)21(20)12-15/h3,6-12,17-18H,4-5,13H2,1-2H3/t17-,18-/m1/s1. The summed E-state index contributed by atoms with van der Waals surface area (Å²) in [6, 6.07) is 14.0. The largest absolute Gasteiger partial charge is 0.224 e. The molecule has 2 aliphatic rings. The Bertz CT molecular complexity index is 921. The number of allylic oxidation sites excluding steroid dienone is 1. The molecule has 24 heavy (non-hydrogen) atoms. The van der Waals surface area contributed by atoms with Crippen LogP contribution in [0.4, 0.5) is 0 Å². The van der Waals surface area contributed by atoms with Gasteiger partial charge in [0.15, 0.2) is 9.84 Å². The number of fused-ring (bicyclic) bond motifs is 5. The average Bonchev–Trinajstić information content (AvgIpc) is 3.16. The molecule has 1 saturated carbocycles. The van der Waals surface area contributed by atoms with Gasteiger partial charge in [-0.3, -0.25) is 0 Å². The quantitative estimate of drug-likeness (QED) is 0.737. The highest BCUT2D eigenvalue weighted by Gasteiger charge is 2.36. The first-order chi connectivity index (χ1) is 11.4. The molecule has 2 bridgehead atoms. The molecular weight excluding hydrogens is 316 g/mol. The molecule has 0 aromatic heterocycles. The summed E-state index contributed by atoms with van der Waals surface area (Å²) in [6.45, 7) is 2.08. The zero-order valence-electron chi connectivity index (χ0n) is 14.1. The van der Waals surface area contributed by atoms with Gasteiger partial charge in [-0.05, 0) is 78.0 Å². The van der Waals surface area contributed by atoms with E-state index >= 15 is 0 Å². The highest BCUT2D eigenvalue weighted by Crippen LogP contribution is 2.53. The van der Waals surface area contributed by atoms with Crippen molar-refractivity contribution in [2.45, 2.75) is 42.9 Å². The lowest BCUT2D eigenvalue weighted by Crippen LogP contribution is -1.98. The highest BCUT2D eigenvalue weighted by atomic mass is 32.2. The summed E-state index contributed by atoms with van der Waals surface area (Å²) >= 11 is 0. The minimum Gasteiger partial charge on any atom is -0.224 e. The molecule has 3 heteroatoms. The Morgan fingerprint density at radius 2 is 1.67 bits per heavy atom. The minimum absolute atomic E-state index is 0.368. The van der Waals surface area contributed by atoms with Gasteiger partial charge >= 0.3 is 0 Å². The van der Waals surface area contributed by atoms with Crippen LogP contribution in [0.2, 0.25) is 0 Å². The maximum Gasteiger partial charge on any atom is 0.175 e. The average molecular weight is 338 g/mol. The van der Waals surface area contributed by atoms with Gasteiger partial charge in [-0.1, -0.05) is 36.4 Å². The van der Waals surface area contributed by atoms with Gasteiger partial charge in [0, 0.05) is 6.26 Å². The van der Waals surface area contributed by atoms with E-state index in [1.54, 1.807) is 23.3 Å². The summed E-state index contributed by atoms with van der Waals surface area (Å²) in [7, 11) is -3.14. The van der Waals surface area contributed by atoms with Gasteiger partial charge in [0.1, 0.15) is 0 Å². The molecule has 0 aliphatic heterocycles. The molecule has 0 heterocycles. The first kappa shape index (κ1) is 15.6. The third-order valence-corrected chi connectivity index (χ3v) is 6.67. The Labute approximate surface area is 144 Å². The Kier molecular flexibility index (Phi) is 3.65. The van der Waals surface area contributed by atoms with Gasteiger partial charge < -0.3 is 0 Å². The van der Waals surface area contributed by atoms with E-state index in [4.69, 9.17) is 0 Å². The molecule has 1 fully saturated rings. The SMILES string of the molecule is CC(=Cc1ccc2c(c1)[C@@H]1CC[C@@H]2C1)c1ccc(S(C)(=O)=O)cc1. The van der Waals surface area contributed by atoms with E-state index in [0.717, 1.165) is 23.0 Å². The molecular formula is C21H22O2S. The number of hydrogen-bond acceptors (Lipinski definition) is 2. The maximum absolute atomic E-state index is 11.6. The molecule has 0 radical (unpaired) electrons. The molecule has 2 aromatic rings. The first-order valence-electron chi connectivity index (χ1n) is 8.54. The van der Waals surface area contributed by atoms with Gasteiger partial charge in [-0.2, -0.15) is 0 Å². The molecule has 2 aromatic carbocycles. The molecule has 0 N–H and O–H groups in total. The van der Waals surface area contributed by atoms with E-state index in [0.29, 0.717) is 4.90 Å². The minimum atomic E-state index is -3.14. The first-order valence-corrected chi connectivity index (χ1v) is 10.4. The topological polar surface area (TPSA) is 34.1 Å². The van der Waals surface area contributed by atoms with Crippen molar-refractivity contribution in [1.82, 2.24) is 0 Å². The summed E-state index contributed by atoms with van der Waals surface area (Å²) in [6.07, 6.45) is 7.48. The maximum atomic E-state index is 11.6. The van der Waals surface area contributed by atoms with Crippen molar-refractivity contribution >= 4 is 21.5 Å². The number of benzene rings is 2. The van der Waals surface area contributed by atoms with Crippen molar-refractivity contribution in [1.29, 1.82) is 0 Å². The van der Waals surface area contributed by atoms with E-state index in [9.17, 15) is 8.42 Å². The second-order valence-corrected chi connectivity index (χ2v) is 9.23. The third kappa shape index (κ3) is 2.71. The van der Waals surface area contributed by atoms with Gasteiger partial charge in [-0.15, -0.1) is 0 Å². The number of rotatable bonds is 3. The van der Waals surface area contributed by atoms with E-state index in [2.05, 4.69) is 31.2 Å². The Morgan fingerprint density at radius 1 is 1.00 bits per heavy atom. The second kappa shape index (κ2) is 5.59. The second-order valence-electron chi connectivity index (χ2n) is 7.22. The lowest BCUT2D eigenvalue weighted by Gasteiger charge is -2.15. The van der Waals surface area contributed by atoms with Crippen LogP contribution in [0.5, 0.6) is 0 Å². The molecule has 0 saturated heterocycles. The summed E-state index contributed by atoms with van der Waals surface area (Å²) < 4.78 is 23.1. The van der Waals surface area contributed by atoms with Crippen LogP contribution in [0.15, 0.2) is 47.4 Å². The zero-order valence-corrected chi connectivity index (χ0v) is 14.9. The summed E-state index contributed by atoms with van der Waals surface area (Å²) in [5.74, 6) is 1.57. The third-order valence-electron chi connectivity index (χ3n) is 5.54. The van der Waals surface area contributed by atoms with Crippen molar-refractivity contribution < 1.29 is 8.42 Å². The zero-order chi connectivity index (χ0) is 16.9. The molecule has 2 atom stereocenters. The van der Waals surface area contributed by atoms with E-state index in [1.165, 1.54) is 31.1 Å². The van der Waals surface area contributed by atoms with Crippen molar-refractivity contribution in [3.63, 3.8) is 0 Å². The van der Waals surface area contributed by atoms with E-state index in [1.807, 2.05) is 12.1 Å². The normalized spacial score (nSPS) is 22.7. The summed E-state index contributed by atoms with van der Waals surface area (Å²) in [5, 5.41) is 0. The number of sulfone groups is 1. The highest BCUT2D eigenvalue weighted by molar-refractivity contribution is 7.90. The van der Waals surface area contributed by atoms with Crippen LogP contribution in [0.25, 0.3) is 11.6 Å². The smallest absolute Gasteiger partial charge is 0.175 e. The summed E-state index contributed by atoms with van der Waals surface area (Å²) in [4.78, 5) is 0.368. The molecule has 2 aliphatic carbocycles. The Hall–Kier alpha value is -1.87. The van der Waals surface area contributed by atoms with Gasteiger partial charge in [0.25, 0.3) is 0 Å². The van der Waals surface area contributed by atoms with Crippen LogP contribution in [0.3, 0.4) is 0 Å². The van der Waals surface area contributed by atoms with Crippen LogP contribution < -0.4 is 0 Å². The predicted octanol–water partition coefficient (Wildman–Crippen LogP) is 5.02. The lowest BCUT2D eigenvalue weighted by atomic mass is 9.90. The lowest BCUT2D eigenvalue weighted by molar-refractivity contribution is 0.602. The molecule has 0 unspecified atom stereocenters. The van der Waals surface area contributed by atoms with E-state index in [-0.39, 0.29) is 0 Å². The van der Waals surface area contributed by atoms with Crippen LogP contribution in [-0.4, -0.2) is 14.7 Å². The van der Waals surface area contributed by atoms with Gasteiger partial charge in [0.2, 0.25) is 0 Å². The molecule has 0 amide bonds. The van der Waals surface area contributed by atoms with Crippen molar-refractivity contribution in [2.24, 2.45) is 0 Å². The fraction of sp³-hybridized carbons (Fsp3) is 0.333. The Morgan fingerprint density at radius 3 is 2.33 bits per heavy atom. The predicted molar refractivity (Wildman–Crippen MR) is 98.9 cm³/mol.